The van der Waals surface area contributed by atoms with E-state index in [2.05, 4.69) is 20.8 Å². The molecule has 7 heteroatoms. The fourth-order valence-electron chi connectivity index (χ4n) is 6.85. The van der Waals surface area contributed by atoms with Crippen LogP contribution in [-0.4, -0.2) is 46.9 Å². The fourth-order valence-corrected chi connectivity index (χ4v) is 6.85. The normalized spacial score (nSPS) is 34.0. The first-order valence-corrected chi connectivity index (χ1v) is 13.1. The maximum atomic E-state index is 12.3. The molecule has 0 spiro atoms. The van der Waals surface area contributed by atoms with Crippen molar-refractivity contribution in [2.45, 2.75) is 105 Å². The van der Waals surface area contributed by atoms with Crippen molar-refractivity contribution >= 4 is 17.9 Å². The first-order valence-electron chi connectivity index (χ1n) is 13.1. The summed E-state index contributed by atoms with van der Waals surface area (Å²) in [5, 5.41) is 20.1. The van der Waals surface area contributed by atoms with E-state index in [4.69, 9.17) is 14.6 Å². The Morgan fingerprint density at radius 1 is 1.09 bits per heavy atom. The van der Waals surface area contributed by atoms with E-state index < -0.39 is 24.0 Å². The van der Waals surface area contributed by atoms with Gasteiger partial charge in [-0.2, -0.15) is 0 Å². The molecule has 0 heterocycles. The van der Waals surface area contributed by atoms with Crippen LogP contribution in [0.2, 0.25) is 0 Å². The van der Waals surface area contributed by atoms with E-state index in [9.17, 15) is 19.5 Å². The van der Waals surface area contributed by atoms with Gasteiger partial charge in [-0.05, 0) is 82.5 Å². The molecule has 2 aliphatic carbocycles. The summed E-state index contributed by atoms with van der Waals surface area (Å²) in [5.74, 6) is -1.37. The molecule has 0 aromatic carbocycles. The molecule has 0 unspecified atom stereocenters. The summed E-state index contributed by atoms with van der Waals surface area (Å²) in [5.41, 5.74) is -0.297. The highest BCUT2D eigenvalue weighted by atomic mass is 16.5. The molecule has 0 bridgehead atoms. The highest BCUT2D eigenvalue weighted by Gasteiger charge is 2.59. The van der Waals surface area contributed by atoms with Crippen molar-refractivity contribution in [3.05, 3.63) is 11.6 Å². The first-order chi connectivity index (χ1) is 16.2. The van der Waals surface area contributed by atoms with E-state index in [1.165, 1.54) is 0 Å². The fraction of sp³-hybridized carbons (Fsp3) is 0.821. The van der Waals surface area contributed by atoms with Crippen LogP contribution in [-0.2, 0) is 23.9 Å². The van der Waals surface area contributed by atoms with Gasteiger partial charge in [-0.1, -0.05) is 39.7 Å². The minimum Gasteiger partial charge on any atom is -0.481 e. The topological polar surface area (TPSA) is 110 Å². The van der Waals surface area contributed by atoms with Gasteiger partial charge in [0.1, 0.15) is 6.42 Å². The number of fused-ring (bicyclic) bond motifs is 1. The van der Waals surface area contributed by atoms with Crippen LogP contribution in [0.4, 0.5) is 0 Å². The number of aliphatic hydroxyl groups is 1. The largest absolute Gasteiger partial charge is 0.481 e. The van der Waals surface area contributed by atoms with Gasteiger partial charge < -0.3 is 19.7 Å². The number of carbonyl (C=O) groups is 3. The van der Waals surface area contributed by atoms with Gasteiger partial charge in [0, 0.05) is 11.0 Å². The lowest BCUT2D eigenvalue weighted by molar-refractivity contribution is -0.186. The molecule has 35 heavy (non-hydrogen) atoms. The second-order valence-corrected chi connectivity index (χ2v) is 11.8. The maximum Gasteiger partial charge on any atom is 0.333 e. The smallest absolute Gasteiger partial charge is 0.333 e. The van der Waals surface area contributed by atoms with Crippen LogP contribution >= 0.6 is 0 Å². The molecule has 2 aliphatic rings. The predicted octanol–water partition coefficient (Wildman–Crippen LogP) is 5.29. The molecule has 2 rings (SSSR count). The predicted molar refractivity (Wildman–Crippen MR) is 134 cm³/mol. The number of carboxylic acid groups (broad SMARTS) is 1. The van der Waals surface area contributed by atoms with Crippen molar-refractivity contribution in [3.8, 4) is 0 Å². The molecule has 0 saturated heterocycles. The van der Waals surface area contributed by atoms with Crippen LogP contribution in [0.3, 0.4) is 0 Å². The number of allylic oxidation sites excluding steroid dienone is 1. The van der Waals surface area contributed by atoms with Gasteiger partial charge in [0.25, 0.3) is 0 Å². The van der Waals surface area contributed by atoms with Gasteiger partial charge in [0.05, 0.1) is 18.8 Å². The number of rotatable bonds is 11. The Kier molecular flexibility index (Phi) is 9.97. The molecule has 2 N–H and O–H groups in total. The van der Waals surface area contributed by atoms with E-state index >= 15 is 0 Å². The summed E-state index contributed by atoms with van der Waals surface area (Å²) in [4.78, 5) is 34.4. The Balaban J connectivity index is 2.05. The average Bonchev–Trinajstić information content (AvgIpc) is 2.75. The van der Waals surface area contributed by atoms with Crippen molar-refractivity contribution in [3.63, 3.8) is 0 Å². The Hall–Kier alpha value is -1.89. The lowest BCUT2D eigenvalue weighted by Crippen LogP contribution is -2.59. The molecule has 6 atom stereocenters. The molecule has 7 nitrogen and oxygen atoms in total. The third kappa shape index (κ3) is 7.31. The zero-order valence-electron chi connectivity index (χ0n) is 22.5. The van der Waals surface area contributed by atoms with E-state index in [1.807, 2.05) is 13.8 Å². The van der Waals surface area contributed by atoms with E-state index in [0.717, 1.165) is 44.9 Å². The summed E-state index contributed by atoms with van der Waals surface area (Å²) in [6.07, 6.45) is 8.37. The lowest BCUT2D eigenvalue weighted by atomic mass is 9.45. The van der Waals surface area contributed by atoms with Gasteiger partial charge in [-0.25, -0.2) is 4.79 Å². The van der Waals surface area contributed by atoms with E-state index in [1.54, 1.807) is 13.0 Å². The van der Waals surface area contributed by atoms with Gasteiger partial charge in [-0.15, -0.1) is 0 Å². The van der Waals surface area contributed by atoms with Crippen molar-refractivity contribution in [1.29, 1.82) is 0 Å². The standard InChI is InChI=1S/C28H46O7/c1-7-20(3)25(32)35-18-26(4)13-8-14-27(5)21(26)11-15-28(6,33)22(27)10-9-19(2)12-16-34-24(31)17-23(29)30/h7,19,21-22,33H,8-18H2,1-6H3,(H,29,30)/b20-7-/t19-,21+,22-,26+,27+,28-/m0/s1. The number of ether oxygens (including phenoxy) is 2. The maximum absolute atomic E-state index is 12.3. The van der Waals surface area contributed by atoms with Crippen molar-refractivity contribution < 1.29 is 34.1 Å². The number of esters is 2. The minimum absolute atomic E-state index is 0.0511. The van der Waals surface area contributed by atoms with Gasteiger partial charge >= 0.3 is 17.9 Å². The summed E-state index contributed by atoms with van der Waals surface area (Å²) < 4.78 is 10.8. The van der Waals surface area contributed by atoms with Gasteiger partial charge in [-0.3, -0.25) is 9.59 Å². The number of carbonyl (C=O) groups excluding carboxylic acids is 2. The second kappa shape index (κ2) is 11.9. The zero-order valence-corrected chi connectivity index (χ0v) is 22.5. The summed E-state index contributed by atoms with van der Waals surface area (Å²) in [6.45, 7) is 12.9. The quantitative estimate of drug-likeness (QED) is 0.228. The lowest BCUT2D eigenvalue weighted by Gasteiger charge is -2.61. The first kappa shape index (κ1) is 29.3. The van der Waals surface area contributed by atoms with Crippen LogP contribution in [0.5, 0.6) is 0 Å². The SMILES string of the molecule is C/C=C(/C)C(=O)OC[C@@]1(C)CCC[C@]2(C)[C@@H]1CC[C@](C)(O)[C@H]2CC[C@H](C)CCOC(=O)CC(=O)O. The molecule has 2 fully saturated rings. The third-order valence-electron chi connectivity index (χ3n) is 8.99. The van der Waals surface area contributed by atoms with Crippen molar-refractivity contribution in [2.75, 3.05) is 13.2 Å². The summed E-state index contributed by atoms with van der Waals surface area (Å²) >= 11 is 0. The molecule has 0 radical (unpaired) electrons. The minimum atomic E-state index is -1.18. The van der Waals surface area contributed by atoms with Gasteiger partial charge in [0.2, 0.25) is 0 Å². The average molecular weight is 495 g/mol. The Morgan fingerprint density at radius 2 is 1.77 bits per heavy atom. The highest BCUT2D eigenvalue weighted by molar-refractivity contribution is 5.90. The van der Waals surface area contributed by atoms with Crippen LogP contribution < -0.4 is 0 Å². The number of carboxylic acids is 1. The monoisotopic (exact) mass is 494 g/mol. The Labute approximate surface area is 210 Å². The molecular weight excluding hydrogens is 448 g/mol. The van der Waals surface area contributed by atoms with E-state index in [-0.39, 0.29) is 35.2 Å². The molecule has 200 valence electrons. The Morgan fingerprint density at radius 3 is 2.40 bits per heavy atom. The molecule has 2 saturated carbocycles. The molecule has 0 aliphatic heterocycles. The van der Waals surface area contributed by atoms with Gasteiger partial charge in [0.15, 0.2) is 0 Å². The molecular formula is C28H46O7. The highest BCUT2D eigenvalue weighted by Crippen LogP contribution is 2.63. The van der Waals surface area contributed by atoms with Crippen LogP contribution in [0.25, 0.3) is 0 Å². The zero-order chi connectivity index (χ0) is 26.4. The van der Waals surface area contributed by atoms with Crippen LogP contribution in [0, 0.1) is 28.6 Å². The van der Waals surface area contributed by atoms with Crippen LogP contribution in [0.1, 0.15) is 99.3 Å². The second-order valence-electron chi connectivity index (χ2n) is 11.8. The third-order valence-corrected chi connectivity index (χ3v) is 8.99. The van der Waals surface area contributed by atoms with Crippen molar-refractivity contribution in [2.24, 2.45) is 28.6 Å². The van der Waals surface area contributed by atoms with E-state index in [0.29, 0.717) is 24.5 Å². The number of aliphatic carboxylic acids is 1. The summed E-state index contributed by atoms with van der Waals surface area (Å²) in [6, 6.07) is 0. The van der Waals surface area contributed by atoms with Crippen molar-refractivity contribution in [1.82, 2.24) is 0 Å². The Bertz CT molecular complexity index is 801. The van der Waals surface area contributed by atoms with Crippen LogP contribution in [0.15, 0.2) is 11.6 Å². The number of hydrogen-bond acceptors (Lipinski definition) is 6. The number of hydrogen-bond donors (Lipinski definition) is 2. The molecule has 0 amide bonds. The molecule has 0 aromatic heterocycles. The summed E-state index contributed by atoms with van der Waals surface area (Å²) in [7, 11) is 0. The molecule has 0 aromatic rings.